The summed E-state index contributed by atoms with van der Waals surface area (Å²) >= 11 is 0. The summed E-state index contributed by atoms with van der Waals surface area (Å²) in [5.41, 5.74) is 0.980. The fraction of sp³-hybridized carbons (Fsp3) is 0.444. The molecule has 1 aromatic heterocycles. The molecule has 4 nitrogen and oxygen atoms in total. The van der Waals surface area contributed by atoms with Crippen LogP contribution < -0.4 is 10.2 Å². The van der Waals surface area contributed by atoms with Crippen molar-refractivity contribution < 1.29 is 8.78 Å². The van der Waals surface area contributed by atoms with Gasteiger partial charge in [-0.2, -0.15) is 0 Å². The van der Waals surface area contributed by atoms with Crippen molar-refractivity contribution in [1.82, 2.24) is 9.97 Å². The number of benzene rings is 1. The van der Waals surface area contributed by atoms with Crippen molar-refractivity contribution in [3.05, 3.63) is 47.8 Å². The highest BCUT2D eigenvalue weighted by molar-refractivity contribution is 5.49. The summed E-state index contributed by atoms with van der Waals surface area (Å²) in [4.78, 5) is 10.9. The number of hydrogen-bond acceptors (Lipinski definition) is 4. The highest BCUT2D eigenvalue weighted by Gasteiger charge is 2.17. The third kappa shape index (κ3) is 4.19. The maximum absolute atomic E-state index is 12.6. The molecule has 1 fully saturated rings. The summed E-state index contributed by atoms with van der Waals surface area (Å²) in [6.45, 7) is 4.84. The predicted octanol–water partition coefficient (Wildman–Crippen LogP) is 4.26. The molecule has 3 rings (SSSR count). The van der Waals surface area contributed by atoms with Crippen LogP contribution in [0.4, 0.5) is 20.4 Å². The van der Waals surface area contributed by atoms with E-state index in [1.165, 1.54) is 25.0 Å². The number of halogens is 2. The first-order valence-electron chi connectivity index (χ1n) is 8.29. The molecule has 1 saturated heterocycles. The monoisotopic (exact) mass is 332 g/mol. The van der Waals surface area contributed by atoms with Crippen LogP contribution in [0.1, 0.15) is 37.3 Å². The van der Waals surface area contributed by atoms with Crippen LogP contribution in [0, 0.1) is 5.92 Å². The molecule has 0 amide bonds. The van der Waals surface area contributed by atoms with Gasteiger partial charge in [0.25, 0.3) is 6.43 Å². The molecular weight excluding hydrogens is 310 g/mol. The van der Waals surface area contributed by atoms with E-state index < -0.39 is 6.43 Å². The second kappa shape index (κ2) is 7.55. The molecule has 128 valence electrons. The van der Waals surface area contributed by atoms with Gasteiger partial charge in [0.2, 0.25) is 0 Å². The number of nitrogens with zero attached hydrogens (tertiary/aromatic N) is 3. The van der Waals surface area contributed by atoms with Gasteiger partial charge in [0, 0.05) is 31.3 Å². The van der Waals surface area contributed by atoms with Crippen LogP contribution in [0.5, 0.6) is 0 Å². The molecule has 0 aliphatic carbocycles. The number of anilines is 2. The molecule has 1 N–H and O–H groups in total. The summed E-state index contributed by atoms with van der Waals surface area (Å²) in [5.74, 6) is 2.36. The number of piperidine rings is 1. The zero-order valence-corrected chi connectivity index (χ0v) is 13.8. The molecule has 0 radical (unpaired) electrons. The van der Waals surface area contributed by atoms with E-state index in [-0.39, 0.29) is 5.56 Å². The van der Waals surface area contributed by atoms with Crippen LogP contribution in [-0.4, -0.2) is 23.1 Å². The Morgan fingerprint density at radius 1 is 1.25 bits per heavy atom. The lowest BCUT2D eigenvalue weighted by Gasteiger charge is -2.31. The van der Waals surface area contributed by atoms with Gasteiger partial charge < -0.3 is 10.2 Å². The number of alkyl halides is 2. The molecule has 1 atom stereocenters. The number of rotatable bonds is 5. The van der Waals surface area contributed by atoms with Crippen molar-refractivity contribution in [3.63, 3.8) is 0 Å². The molecule has 2 aromatic rings. The molecule has 1 aromatic carbocycles. The lowest BCUT2D eigenvalue weighted by Crippen LogP contribution is -2.34. The third-order valence-electron chi connectivity index (χ3n) is 4.34. The Bertz CT molecular complexity index is 660. The number of hydrogen-bond donors (Lipinski definition) is 1. The summed E-state index contributed by atoms with van der Waals surface area (Å²) in [5, 5.41) is 3.24. The Morgan fingerprint density at radius 3 is 2.75 bits per heavy atom. The Hall–Kier alpha value is -2.24. The Morgan fingerprint density at radius 2 is 2.04 bits per heavy atom. The molecule has 1 unspecified atom stereocenters. The van der Waals surface area contributed by atoms with Crippen LogP contribution in [0.25, 0.3) is 0 Å². The van der Waals surface area contributed by atoms with E-state index in [4.69, 9.17) is 0 Å². The van der Waals surface area contributed by atoms with E-state index >= 15 is 0 Å². The second-order valence-electron chi connectivity index (χ2n) is 6.35. The van der Waals surface area contributed by atoms with Crippen molar-refractivity contribution in [2.24, 2.45) is 5.92 Å². The van der Waals surface area contributed by atoms with Crippen LogP contribution >= 0.6 is 0 Å². The minimum atomic E-state index is -2.43. The largest absolute Gasteiger partial charge is 0.366 e. The minimum absolute atomic E-state index is 0.0438. The molecule has 0 bridgehead atoms. The summed E-state index contributed by atoms with van der Waals surface area (Å²) in [7, 11) is 0. The van der Waals surface area contributed by atoms with Crippen LogP contribution in [-0.2, 0) is 6.54 Å². The summed E-state index contributed by atoms with van der Waals surface area (Å²) in [6, 6.07) is 8.29. The van der Waals surface area contributed by atoms with Gasteiger partial charge in [0.1, 0.15) is 18.0 Å². The molecule has 1 aliphatic heterocycles. The fourth-order valence-corrected chi connectivity index (χ4v) is 2.99. The molecule has 6 heteroatoms. The smallest absolute Gasteiger partial charge is 0.263 e. The molecular formula is C18H22F2N4. The summed E-state index contributed by atoms with van der Waals surface area (Å²) < 4.78 is 25.1. The first-order chi connectivity index (χ1) is 11.6. The maximum Gasteiger partial charge on any atom is 0.263 e. The van der Waals surface area contributed by atoms with Gasteiger partial charge in [-0.3, -0.25) is 0 Å². The molecule has 2 heterocycles. The topological polar surface area (TPSA) is 41.0 Å². The maximum atomic E-state index is 12.6. The Kier molecular flexibility index (Phi) is 5.23. The molecule has 1 aliphatic rings. The van der Waals surface area contributed by atoms with Gasteiger partial charge >= 0.3 is 0 Å². The fourth-order valence-electron chi connectivity index (χ4n) is 2.99. The Balaban J connectivity index is 1.62. The predicted molar refractivity (Wildman–Crippen MR) is 91.4 cm³/mol. The van der Waals surface area contributed by atoms with Gasteiger partial charge in [0.15, 0.2) is 0 Å². The zero-order valence-electron chi connectivity index (χ0n) is 13.8. The van der Waals surface area contributed by atoms with E-state index in [2.05, 4.69) is 27.1 Å². The average Bonchev–Trinajstić information content (AvgIpc) is 2.60. The summed E-state index contributed by atoms with van der Waals surface area (Å²) in [6.07, 6.45) is 1.59. The standard InChI is InChI=1S/C18H22F2N4/c1-13-3-2-8-24(11-13)17-9-16(22-12-23-17)21-10-14-4-6-15(7-5-14)18(19)20/h4-7,9,12-13,18H,2-3,8,10-11H2,1H3,(H,21,22,23). The molecule has 0 saturated carbocycles. The van der Waals surface area contributed by atoms with E-state index in [1.54, 1.807) is 18.5 Å². The van der Waals surface area contributed by atoms with Crippen LogP contribution in [0.2, 0.25) is 0 Å². The van der Waals surface area contributed by atoms with Gasteiger partial charge in [0.05, 0.1) is 0 Å². The first-order valence-corrected chi connectivity index (χ1v) is 8.29. The normalized spacial score (nSPS) is 18.0. The zero-order chi connectivity index (χ0) is 16.9. The van der Waals surface area contributed by atoms with Crippen molar-refractivity contribution in [3.8, 4) is 0 Å². The van der Waals surface area contributed by atoms with Crippen molar-refractivity contribution >= 4 is 11.6 Å². The van der Waals surface area contributed by atoms with Gasteiger partial charge in [-0.1, -0.05) is 31.2 Å². The van der Waals surface area contributed by atoms with Crippen molar-refractivity contribution in [2.45, 2.75) is 32.7 Å². The molecule has 24 heavy (non-hydrogen) atoms. The first kappa shape index (κ1) is 16.6. The van der Waals surface area contributed by atoms with Gasteiger partial charge in [-0.25, -0.2) is 18.7 Å². The number of aromatic nitrogens is 2. The van der Waals surface area contributed by atoms with Crippen molar-refractivity contribution in [1.29, 1.82) is 0 Å². The highest BCUT2D eigenvalue weighted by Crippen LogP contribution is 2.23. The van der Waals surface area contributed by atoms with Crippen LogP contribution in [0.3, 0.4) is 0 Å². The van der Waals surface area contributed by atoms with E-state index in [0.29, 0.717) is 12.5 Å². The van der Waals surface area contributed by atoms with Crippen molar-refractivity contribution in [2.75, 3.05) is 23.3 Å². The van der Waals surface area contributed by atoms with Gasteiger partial charge in [-0.15, -0.1) is 0 Å². The average molecular weight is 332 g/mol. The van der Waals surface area contributed by atoms with E-state index in [9.17, 15) is 8.78 Å². The minimum Gasteiger partial charge on any atom is -0.366 e. The Labute approximate surface area is 140 Å². The van der Waals surface area contributed by atoms with E-state index in [0.717, 1.165) is 30.3 Å². The lowest BCUT2D eigenvalue weighted by molar-refractivity contribution is 0.151. The van der Waals surface area contributed by atoms with Crippen LogP contribution in [0.15, 0.2) is 36.7 Å². The second-order valence-corrected chi connectivity index (χ2v) is 6.35. The van der Waals surface area contributed by atoms with E-state index in [1.807, 2.05) is 6.07 Å². The highest BCUT2D eigenvalue weighted by atomic mass is 19.3. The lowest BCUT2D eigenvalue weighted by atomic mass is 10.0. The quantitative estimate of drug-likeness (QED) is 0.888. The third-order valence-corrected chi connectivity index (χ3v) is 4.34. The SMILES string of the molecule is CC1CCCN(c2cc(NCc3ccc(C(F)F)cc3)ncn2)C1. The van der Waals surface area contributed by atoms with Gasteiger partial charge in [-0.05, 0) is 24.3 Å². The molecule has 0 spiro atoms. The number of nitrogens with one attached hydrogen (secondary N) is 1.